The van der Waals surface area contributed by atoms with Crippen LogP contribution in [0.1, 0.15) is 58.3 Å². The van der Waals surface area contributed by atoms with Crippen LogP contribution in [0.4, 0.5) is 4.79 Å². The summed E-state index contributed by atoms with van der Waals surface area (Å²) in [5, 5.41) is 14.4. The Bertz CT molecular complexity index is 522. The molecule has 1 aliphatic carbocycles. The molecule has 27 heavy (non-hydrogen) atoms. The van der Waals surface area contributed by atoms with Crippen molar-refractivity contribution in [2.45, 2.75) is 76.4 Å². The molecular weight excluding hydrogens is 348 g/mol. The molecule has 3 N–H and O–H groups in total. The van der Waals surface area contributed by atoms with Gasteiger partial charge in [0.1, 0.15) is 0 Å². The highest BCUT2D eigenvalue weighted by Crippen LogP contribution is 2.18. The van der Waals surface area contributed by atoms with E-state index in [2.05, 4.69) is 15.5 Å². The third-order valence-corrected chi connectivity index (χ3v) is 5.84. The molecule has 3 amide bonds. The van der Waals surface area contributed by atoms with Gasteiger partial charge in [0, 0.05) is 18.6 Å². The Morgan fingerprint density at radius 1 is 1.07 bits per heavy atom. The molecule has 0 spiro atoms. The third-order valence-electron chi connectivity index (χ3n) is 5.84. The van der Waals surface area contributed by atoms with Crippen LogP contribution in [0.2, 0.25) is 0 Å². The fourth-order valence-corrected chi connectivity index (χ4v) is 4.12. The molecule has 1 heterocycles. The minimum Gasteiger partial charge on any atom is -0.480 e. The molecule has 0 aromatic rings. The maximum Gasteiger partial charge on any atom is 0.321 e. The number of carbonyl (C=O) groups is 3. The summed E-state index contributed by atoms with van der Waals surface area (Å²) in [6.07, 6.45) is 8.06. The van der Waals surface area contributed by atoms with E-state index < -0.39 is 12.0 Å². The van der Waals surface area contributed by atoms with E-state index in [0.717, 1.165) is 51.5 Å². The van der Waals surface area contributed by atoms with Gasteiger partial charge in [0.15, 0.2) is 0 Å². The maximum atomic E-state index is 12.5. The topological polar surface area (TPSA) is 102 Å². The second-order valence-electron chi connectivity index (χ2n) is 7.90. The molecule has 0 radical (unpaired) electrons. The number of urea groups is 1. The number of nitrogens with zero attached hydrogens (tertiary/aromatic N) is 2. The zero-order valence-corrected chi connectivity index (χ0v) is 16.6. The van der Waals surface area contributed by atoms with Crippen molar-refractivity contribution < 1.29 is 19.5 Å². The van der Waals surface area contributed by atoms with Gasteiger partial charge in [-0.25, -0.2) is 4.79 Å². The van der Waals surface area contributed by atoms with Gasteiger partial charge in [-0.1, -0.05) is 19.3 Å². The molecule has 1 saturated carbocycles. The van der Waals surface area contributed by atoms with E-state index in [1.54, 1.807) is 0 Å². The number of likely N-dealkylation sites (tertiary alicyclic amines) is 1. The second kappa shape index (κ2) is 10.6. The van der Waals surface area contributed by atoms with Crippen molar-refractivity contribution in [3.8, 4) is 0 Å². The molecule has 0 aromatic heterocycles. The van der Waals surface area contributed by atoms with Crippen LogP contribution >= 0.6 is 0 Å². The highest BCUT2D eigenvalue weighted by molar-refractivity contribution is 5.96. The van der Waals surface area contributed by atoms with Crippen LogP contribution < -0.4 is 10.6 Å². The molecule has 2 fully saturated rings. The lowest BCUT2D eigenvalue weighted by molar-refractivity contribution is -0.138. The van der Waals surface area contributed by atoms with Gasteiger partial charge < -0.3 is 10.4 Å². The number of carbonyl (C=O) groups excluding carboxylic acids is 2. The van der Waals surface area contributed by atoms with Gasteiger partial charge in [-0.3, -0.25) is 24.7 Å². The van der Waals surface area contributed by atoms with E-state index in [1.807, 2.05) is 18.9 Å². The normalized spacial score (nSPS) is 23.4. The van der Waals surface area contributed by atoms with Gasteiger partial charge in [-0.05, 0) is 52.6 Å². The molecule has 2 rings (SSSR count). The van der Waals surface area contributed by atoms with E-state index in [1.165, 1.54) is 6.42 Å². The fraction of sp³-hybridized carbons (Fsp3) is 0.842. The molecule has 2 atom stereocenters. The van der Waals surface area contributed by atoms with Gasteiger partial charge in [0.2, 0.25) is 5.91 Å². The number of rotatable bonds is 6. The Morgan fingerprint density at radius 2 is 1.78 bits per heavy atom. The van der Waals surface area contributed by atoms with Crippen molar-refractivity contribution >= 4 is 17.9 Å². The molecule has 8 nitrogen and oxygen atoms in total. The molecule has 8 heteroatoms. The number of carboxylic acid groups (broad SMARTS) is 1. The molecule has 1 aliphatic heterocycles. The number of nitrogens with one attached hydrogen (secondary N) is 2. The molecule has 154 valence electrons. The number of hydrogen-bond acceptors (Lipinski definition) is 5. The predicted molar refractivity (Wildman–Crippen MR) is 102 cm³/mol. The zero-order valence-electron chi connectivity index (χ0n) is 16.6. The summed E-state index contributed by atoms with van der Waals surface area (Å²) in [5.41, 5.74) is 0. The van der Waals surface area contributed by atoms with Gasteiger partial charge >= 0.3 is 12.0 Å². The van der Waals surface area contributed by atoms with E-state index in [-0.39, 0.29) is 30.6 Å². The Morgan fingerprint density at radius 3 is 2.44 bits per heavy atom. The SMILES string of the molecule is CC(C(=O)NC(=O)NC1CCCCC1)N1CCCC(N(C)CC(=O)O)CC1. The molecule has 0 aromatic carbocycles. The molecule has 1 saturated heterocycles. The van der Waals surface area contributed by atoms with Crippen LogP contribution in [0.5, 0.6) is 0 Å². The average molecular weight is 383 g/mol. The molecule has 2 unspecified atom stereocenters. The van der Waals surface area contributed by atoms with Crippen LogP contribution in [0, 0.1) is 0 Å². The van der Waals surface area contributed by atoms with Crippen LogP contribution in [0.25, 0.3) is 0 Å². The van der Waals surface area contributed by atoms with Gasteiger partial charge in [0.25, 0.3) is 0 Å². The lowest BCUT2D eigenvalue weighted by Crippen LogP contribution is -2.51. The second-order valence-corrected chi connectivity index (χ2v) is 7.90. The number of amides is 3. The molecule has 2 aliphatic rings. The summed E-state index contributed by atoms with van der Waals surface area (Å²) in [6.45, 7) is 3.34. The lowest BCUT2D eigenvalue weighted by atomic mass is 9.96. The number of hydrogen-bond donors (Lipinski definition) is 3. The van der Waals surface area contributed by atoms with Crippen LogP contribution in [-0.2, 0) is 9.59 Å². The maximum absolute atomic E-state index is 12.5. The van der Waals surface area contributed by atoms with Crippen molar-refractivity contribution in [3.05, 3.63) is 0 Å². The first-order valence-electron chi connectivity index (χ1n) is 10.1. The monoisotopic (exact) mass is 382 g/mol. The summed E-state index contributed by atoms with van der Waals surface area (Å²) in [4.78, 5) is 39.4. The number of aliphatic carboxylic acids is 1. The number of carboxylic acids is 1. The standard InChI is InChI=1S/C19H34N4O4/c1-14(18(26)21-19(27)20-15-7-4-3-5-8-15)23-11-6-9-16(10-12-23)22(2)13-17(24)25/h14-16H,3-13H2,1-2H3,(H,24,25)(H2,20,21,26,27). The Labute approximate surface area is 161 Å². The minimum absolute atomic E-state index is 0.0298. The van der Waals surface area contributed by atoms with Crippen molar-refractivity contribution in [1.82, 2.24) is 20.4 Å². The summed E-state index contributed by atoms with van der Waals surface area (Å²) in [7, 11) is 1.83. The van der Waals surface area contributed by atoms with Crippen molar-refractivity contribution in [2.24, 2.45) is 0 Å². The van der Waals surface area contributed by atoms with Gasteiger partial charge in [-0.15, -0.1) is 0 Å². The first-order valence-corrected chi connectivity index (χ1v) is 10.1. The van der Waals surface area contributed by atoms with Gasteiger partial charge in [0.05, 0.1) is 12.6 Å². The van der Waals surface area contributed by atoms with E-state index in [0.29, 0.717) is 6.54 Å². The van der Waals surface area contributed by atoms with Crippen molar-refractivity contribution in [2.75, 3.05) is 26.7 Å². The number of likely N-dealkylation sites (N-methyl/N-ethyl adjacent to an activating group) is 1. The van der Waals surface area contributed by atoms with Crippen LogP contribution in [0.3, 0.4) is 0 Å². The van der Waals surface area contributed by atoms with E-state index in [4.69, 9.17) is 5.11 Å². The molecular formula is C19H34N4O4. The first-order chi connectivity index (χ1) is 12.9. The predicted octanol–water partition coefficient (Wildman–Crippen LogP) is 1.40. The largest absolute Gasteiger partial charge is 0.480 e. The highest BCUT2D eigenvalue weighted by atomic mass is 16.4. The zero-order chi connectivity index (χ0) is 19.8. The highest BCUT2D eigenvalue weighted by Gasteiger charge is 2.28. The Hall–Kier alpha value is -1.67. The summed E-state index contributed by atoms with van der Waals surface area (Å²) in [6, 6.07) is -0.403. The van der Waals surface area contributed by atoms with Crippen molar-refractivity contribution in [1.29, 1.82) is 0 Å². The average Bonchev–Trinajstić information content (AvgIpc) is 2.87. The summed E-state index contributed by atoms with van der Waals surface area (Å²) in [5.74, 6) is -1.10. The number of imide groups is 1. The summed E-state index contributed by atoms with van der Waals surface area (Å²) >= 11 is 0. The van der Waals surface area contributed by atoms with Crippen LogP contribution in [0.15, 0.2) is 0 Å². The quantitative estimate of drug-likeness (QED) is 0.642. The minimum atomic E-state index is -0.824. The Kier molecular flexibility index (Phi) is 8.50. The fourth-order valence-electron chi connectivity index (χ4n) is 4.12. The third kappa shape index (κ3) is 7.10. The Balaban J connectivity index is 1.78. The first kappa shape index (κ1) is 21.6. The smallest absolute Gasteiger partial charge is 0.321 e. The summed E-state index contributed by atoms with van der Waals surface area (Å²) < 4.78 is 0. The van der Waals surface area contributed by atoms with E-state index in [9.17, 15) is 14.4 Å². The molecule has 0 bridgehead atoms. The van der Waals surface area contributed by atoms with Crippen molar-refractivity contribution in [3.63, 3.8) is 0 Å². The van der Waals surface area contributed by atoms with Crippen LogP contribution in [-0.4, -0.2) is 77.6 Å². The lowest BCUT2D eigenvalue weighted by Gasteiger charge is -2.28. The van der Waals surface area contributed by atoms with Gasteiger partial charge in [-0.2, -0.15) is 0 Å². The van der Waals surface area contributed by atoms with E-state index >= 15 is 0 Å².